The molecule has 0 saturated carbocycles. The van der Waals surface area contributed by atoms with Crippen molar-refractivity contribution in [2.45, 2.75) is 69.0 Å². The van der Waals surface area contributed by atoms with E-state index in [2.05, 4.69) is 55.2 Å². The largest absolute Gasteiger partial charge is 0.485 e. The molecule has 1 amide bonds. The molecule has 4 aliphatic rings. The molecule has 2 N–H and O–H groups in total. The first-order valence-corrected chi connectivity index (χ1v) is 23.8. The summed E-state index contributed by atoms with van der Waals surface area (Å²) in [6, 6.07) is 18.0. The molecule has 348 valence electrons. The number of sulfonamides is 1. The van der Waals surface area contributed by atoms with Crippen molar-refractivity contribution < 1.29 is 41.1 Å². The third-order valence-corrected chi connectivity index (χ3v) is 14.7. The first-order chi connectivity index (χ1) is 31.5. The molecular weight excluding hydrogens is 896 g/mol. The highest BCUT2D eigenvalue weighted by atomic mass is 35.5. The number of nitrogens with zero attached hydrogens (tertiary/aromatic N) is 5. The number of pyridine rings is 1. The minimum atomic E-state index is -4.69. The van der Waals surface area contributed by atoms with Gasteiger partial charge in [0.05, 0.1) is 28.2 Å². The quantitative estimate of drug-likeness (QED) is 0.0803. The Morgan fingerprint density at radius 3 is 2.55 bits per heavy atom. The Labute approximate surface area is 385 Å². The van der Waals surface area contributed by atoms with Gasteiger partial charge in [-0.05, 0) is 104 Å². The van der Waals surface area contributed by atoms with Crippen molar-refractivity contribution in [2.24, 2.45) is 5.41 Å². The third kappa shape index (κ3) is 9.74. The molecule has 9 rings (SSSR count). The zero-order valence-electron chi connectivity index (χ0n) is 36.5. The summed E-state index contributed by atoms with van der Waals surface area (Å²) in [7, 11) is -4.69. The van der Waals surface area contributed by atoms with Gasteiger partial charge in [0.25, 0.3) is 15.9 Å². The second-order valence-corrected chi connectivity index (χ2v) is 20.2. The van der Waals surface area contributed by atoms with Crippen molar-refractivity contribution in [1.82, 2.24) is 24.5 Å². The number of nitro groups is 1. The number of nitro benzene ring substituents is 1. The van der Waals surface area contributed by atoms with Crippen LogP contribution in [-0.4, -0.2) is 110 Å². The molecule has 2 atom stereocenters. The molecule has 2 unspecified atom stereocenters. The molecule has 1 aliphatic carbocycles. The molecule has 0 spiro atoms. The lowest BCUT2D eigenvalue weighted by molar-refractivity contribution is -0.386. The maximum absolute atomic E-state index is 14.0. The van der Waals surface area contributed by atoms with Gasteiger partial charge in [0.1, 0.15) is 29.8 Å². The number of nitrogens with one attached hydrogen (secondary N) is 2. The fourth-order valence-corrected chi connectivity index (χ4v) is 10.5. The summed E-state index contributed by atoms with van der Waals surface area (Å²) in [6.45, 7) is 8.57. The Kier molecular flexibility index (Phi) is 12.5. The summed E-state index contributed by atoms with van der Waals surface area (Å²) in [5, 5.41) is 13.7. The summed E-state index contributed by atoms with van der Waals surface area (Å²) in [6.07, 6.45) is 4.23. The molecule has 3 aliphatic heterocycles. The van der Waals surface area contributed by atoms with Gasteiger partial charge in [0.15, 0.2) is 5.75 Å². The number of carbonyl (C=O) groups excluding carboxylic acids is 1. The van der Waals surface area contributed by atoms with Gasteiger partial charge in [-0.15, -0.1) is 0 Å². The third-order valence-electron chi connectivity index (χ3n) is 13.1. The molecule has 5 heterocycles. The summed E-state index contributed by atoms with van der Waals surface area (Å²) < 4.78 is 74.1. The van der Waals surface area contributed by atoms with Crippen molar-refractivity contribution in [2.75, 3.05) is 57.4 Å². The first kappa shape index (κ1) is 45.5. The van der Waals surface area contributed by atoms with Gasteiger partial charge in [0.2, 0.25) is 0 Å². The second kappa shape index (κ2) is 18.2. The molecule has 5 aromatic rings. The second-order valence-electron chi connectivity index (χ2n) is 18.1. The maximum Gasteiger partial charge on any atom is 0.373 e. The highest BCUT2D eigenvalue weighted by molar-refractivity contribution is 7.90. The zero-order valence-corrected chi connectivity index (χ0v) is 38.0. The van der Waals surface area contributed by atoms with E-state index in [0.29, 0.717) is 48.9 Å². The van der Waals surface area contributed by atoms with Gasteiger partial charge in [-0.3, -0.25) is 24.7 Å². The van der Waals surface area contributed by atoms with Gasteiger partial charge >= 0.3 is 11.8 Å². The molecular formula is C47H50ClF2N7O8S. The van der Waals surface area contributed by atoms with E-state index in [4.69, 9.17) is 21.1 Å². The molecule has 15 nitrogen and oxygen atoms in total. The van der Waals surface area contributed by atoms with E-state index in [-0.39, 0.29) is 35.7 Å². The summed E-state index contributed by atoms with van der Waals surface area (Å²) in [4.78, 5) is 38.5. The average Bonchev–Trinajstić information content (AvgIpc) is 3.95. The predicted octanol–water partition coefficient (Wildman–Crippen LogP) is 8.66. The number of ether oxygens (including phenoxy) is 3. The Balaban J connectivity index is 0.915. The number of fused-ring (bicyclic) bond motifs is 1. The van der Waals surface area contributed by atoms with Crippen molar-refractivity contribution in [3.8, 4) is 17.2 Å². The van der Waals surface area contributed by atoms with Crippen molar-refractivity contribution in [3.05, 3.63) is 117 Å². The standard InChI is InChI=1S/C47H50ClF2N7O8S/c1-46(2)15-13-32(39(25-46)30-5-7-33(48)8-6-30)27-54-18-20-55(21-19-54)34-9-11-38(42(23-34)65-36-22-31-14-16-51-44(31)52-26-36)45(58)53-66(61,62)37-10-12-41(40(24-37)57(59)60)63-28-35-4-3-17-56(35)43-29-64-47(43,49)50/h5-12,14,16,22-24,26,35,43H,3-4,13,15,17-21,25,27-29H2,1-2H3,(H,51,52)(H,53,58). The lowest BCUT2D eigenvalue weighted by Gasteiger charge is -2.43. The van der Waals surface area contributed by atoms with Gasteiger partial charge < -0.3 is 24.1 Å². The van der Waals surface area contributed by atoms with Crippen LogP contribution in [0.3, 0.4) is 0 Å². The molecule has 0 radical (unpaired) electrons. The van der Waals surface area contributed by atoms with Crippen LogP contribution in [-0.2, 0) is 14.8 Å². The van der Waals surface area contributed by atoms with Crippen LogP contribution < -0.4 is 19.1 Å². The maximum atomic E-state index is 14.0. The van der Waals surface area contributed by atoms with Crippen LogP contribution in [0.4, 0.5) is 20.2 Å². The summed E-state index contributed by atoms with van der Waals surface area (Å²) in [5.41, 5.74) is 4.87. The minimum absolute atomic E-state index is 0.0730. The number of carbonyl (C=O) groups is 1. The Morgan fingerprint density at radius 1 is 1.03 bits per heavy atom. The van der Waals surface area contributed by atoms with Crippen LogP contribution in [0.5, 0.6) is 17.2 Å². The number of allylic oxidation sites excluding steroid dienone is 1. The monoisotopic (exact) mass is 945 g/mol. The number of halogens is 3. The summed E-state index contributed by atoms with van der Waals surface area (Å²) >= 11 is 6.24. The van der Waals surface area contributed by atoms with Gasteiger partial charge in [-0.25, -0.2) is 18.1 Å². The van der Waals surface area contributed by atoms with Gasteiger partial charge in [-0.1, -0.05) is 43.2 Å². The normalized spacial score (nSPS) is 21.1. The topological polar surface area (TPSA) is 172 Å². The Hall–Kier alpha value is -5.66. The smallest absolute Gasteiger partial charge is 0.373 e. The fraction of sp³-hybridized carbons (Fsp3) is 0.404. The number of hydrogen-bond acceptors (Lipinski definition) is 12. The molecule has 19 heteroatoms. The van der Waals surface area contributed by atoms with E-state index in [1.165, 1.54) is 29.0 Å². The number of amides is 1. The number of hydrogen-bond donors (Lipinski definition) is 2. The predicted molar refractivity (Wildman–Crippen MR) is 245 cm³/mol. The van der Waals surface area contributed by atoms with E-state index >= 15 is 0 Å². The average molecular weight is 946 g/mol. The first-order valence-electron chi connectivity index (χ1n) is 22.0. The minimum Gasteiger partial charge on any atom is -0.485 e. The Morgan fingerprint density at radius 2 is 1.82 bits per heavy atom. The van der Waals surface area contributed by atoms with Crippen LogP contribution in [0.1, 0.15) is 61.9 Å². The van der Waals surface area contributed by atoms with E-state index in [1.807, 2.05) is 18.2 Å². The highest BCUT2D eigenvalue weighted by Gasteiger charge is 2.55. The molecule has 2 aromatic heterocycles. The number of piperazine rings is 1. The van der Waals surface area contributed by atoms with Crippen LogP contribution in [0.15, 0.2) is 95.7 Å². The molecule has 3 aromatic carbocycles. The molecule has 0 bridgehead atoms. The van der Waals surface area contributed by atoms with E-state index in [0.717, 1.165) is 68.2 Å². The lowest BCUT2D eigenvalue weighted by atomic mass is 9.72. The Bertz CT molecular complexity index is 2800. The van der Waals surface area contributed by atoms with Crippen LogP contribution in [0.2, 0.25) is 5.02 Å². The van der Waals surface area contributed by atoms with Crippen molar-refractivity contribution in [1.29, 1.82) is 0 Å². The number of H-pyrrole nitrogens is 1. The molecule has 3 saturated heterocycles. The lowest BCUT2D eigenvalue weighted by Crippen LogP contribution is -2.62. The number of anilines is 1. The summed E-state index contributed by atoms with van der Waals surface area (Å²) in [5.74, 6) is -0.892. The number of aromatic amines is 1. The molecule has 3 fully saturated rings. The number of rotatable bonds is 14. The van der Waals surface area contributed by atoms with Gasteiger partial charge in [0, 0.05) is 73.2 Å². The number of alkyl halides is 2. The van der Waals surface area contributed by atoms with Crippen molar-refractivity contribution >= 4 is 55.5 Å². The van der Waals surface area contributed by atoms with Gasteiger partial charge in [-0.2, -0.15) is 8.78 Å². The highest BCUT2D eigenvalue weighted by Crippen LogP contribution is 2.44. The van der Waals surface area contributed by atoms with Crippen LogP contribution in [0.25, 0.3) is 16.6 Å². The van der Waals surface area contributed by atoms with Crippen LogP contribution >= 0.6 is 11.6 Å². The zero-order chi connectivity index (χ0) is 46.4. The number of aromatic nitrogens is 2. The number of likely N-dealkylation sites (tertiary alicyclic amines) is 1. The van der Waals surface area contributed by atoms with E-state index < -0.39 is 49.6 Å². The fourth-order valence-electron chi connectivity index (χ4n) is 9.35. The SMILES string of the molecule is CC1(C)CCC(CN2CCN(c3ccc(C(=O)NS(=O)(=O)c4ccc(OCC5CCCN5C5COC5(F)F)c([N+](=O)[O-])c4)c(Oc4cnc5[nH]ccc5c4)c3)CC2)=C(c2ccc(Cl)cc2)C1. The van der Waals surface area contributed by atoms with E-state index in [9.17, 15) is 32.1 Å². The molecule has 66 heavy (non-hydrogen) atoms. The van der Waals surface area contributed by atoms with Crippen molar-refractivity contribution in [3.63, 3.8) is 0 Å². The van der Waals surface area contributed by atoms with E-state index in [1.54, 1.807) is 29.3 Å². The van der Waals surface area contributed by atoms with Crippen LogP contribution in [0, 0.1) is 15.5 Å². The number of benzene rings is 3.